The quantitative estimate of drug-likeness (QED) is 0.615. The highest BCUT2D eigenvalue weighted by atomic mass is 35.5. The molecule has 0 bridgehead atoms. The molecule has 2 heterocycles. The molecule has 3 rings (SSSR count). The molecule has 0 aliphatic rings. The first-order valence-electron chi connectivity index (χ1n) is 8.21. The molecule has 0 aliphatic carbocycles. The molecule has 0 aliphatic heterocycles. The molecule has 0 saturated carbocycles. The number of methoxy groups -OCH3 is 1. The van der Waals surface area contributed by atoms with Crippen molar-refractivity contribution in [3.63, 3.8) is 0 Å². The van der Waals surface area contributed by atoms with Gasteiger partial charge in [-0.2, -0.15) is 0 Å². The highest BCUT2D eigenvalue weighted by molar-refractivity contribution is 6.34. The Labute approximate surface area is 166 Å². The van der Waals surface area contributed by atoms with Gasteiger partial charge in [0.05, 0.1) is 35.8 Å². The number of nitrogens with zero attached hydrogens (tertiary/aromatic N) is 3. The van der Waals surface area contributed by atoms with Crippen LogP contribution in [0.5, 0.6) is 0 Å². The van der Waals surface area contributed by atoms with E-state index in [4.69, 9.17) is 11.6 Å². The lowest BCUT2D eigenvalue weighted by atomic mass is 10.2. The van der Waals surface area contributed by atoms with E-state index < -0.39 is 11.9 Å². The third-order valence-electron chi connectivity index (χ3n) is 3.74. The Morgan fingerprint density at radius 1 is 1.11 bits per heavy atom. The monoisotopic (exact) mass is 397 g/mol. The number of nitrogens with one attached hydrogen (secondary N) is 2. The van der Waals surface area contributed by atoms with Gasteiger partial charge < -0.3 is 15.4 Å². The maximum absolute atomic E-state index is 12.4. The lowest BCUT2D eigenvalue weighted by Gasteiger charge is -2.09. The fourth-order valence-electron chi connectivity index (χ4n) is 2.28. The molecule has 0 radical (unpaired) electrons. The number of hydrogen-bond acceptors (Lipinski definition) is 7. The normalized spacial score (nSPS) is 10.2. The summed E-state index contributed by atoms with van der Waals surface area (Å²) in [5, 5.41) is 6.00. The molecule has 0 saturated heterocycles. The van der Waals surface area contributed by atoms with Gasteiger partial charge in [0.25, 0.3) is 5.91 Å². The van der Waals surface area contributed by atoms with Gasteiger partial charge in [0, 0.05) is 18.9 Å². The van der Waals surface area contributed by atoms with E-state index >= 15 is 0 Å². The lowest BCUT2D eigenvalue weighted by molar-refractivity contribution is 0.0600. The Kier molecular flexibility index (Phi) is 6.13. The third kappa shape index (κ3) is 4.80. The van der Waals surface area contributed by atoms with Gasteiger partial charge in [-0.15, -0.1) is 0 Å². The van der Waals surface area contributed by atoms with Crippen LogP contribution in [-0.2, 0) is 11.3 Å². The SMILES string of the molecule is COC(=O)c1ccc(Cl)c(NC(=O)c2cnc(NCc3ccncc3)cn2)c1. The standard InChI is InChI=1S/C19H16ClN5O3/c1-28-19(27)13-2-3-14(20)15(8-13)25-18(26)16-10-24-17(11-22-16)23-9-12-4-6-21-7-5-12/h2-8,10-11H,9H2,1H3,(H,23,24)(H,25,26). The molecule has 2 aromatic heterocycles. The molecule has 0 atom stereocenters. The molecule has 2 N–H and O–H groups in total. The summed E-state index contributed by atoms with van der Waals surface area (Å²) in [7, 11) is 1.27. The number of pyridine rings is 1. The number of hydrogen-bond donors (Lipinski definition) is 2. The molecule has 0 unspecified atom stereocenters. The Balaban J connectivity index is 1.65. The summed E-state index contributed by atoms with van der Waals surface area (Å²) >= 11 is 6.08. The Morgan fingerprint density at radius 3 is 2.57 bits per heavy atom. The van der Waals surface area contributed by atoms with Gasteiger partial charge in [0.15, 0.2) is 0 Å². The lowest BCUT2D eigenvalue weighted by Crippen LogP contribution is -2.15. The summed E-state index contributed by atoms with van der Waals surface area (Å²) in [4.78, 5) is 36.3. The number of rotatable bonds is 6. The van der Waals surface area contributed by atoms with E-state index in [2.05, 4.69) is 30.3 Å². The molecule has 3 aromatic rings. The molecular formula is C19H16ClN5O3. The van der Waals surface area contributed by atoms with Crippen LogP contribution >= 0.6 is 11.6 Å². The predicted molar refractivity (Wildman–Crippen MR) is 104 cm³/mol. The average molecular weight is 398 g/mol. The van der Waals surface area contributed by atoms with E-state index in [0.29, 0.717) is 12.4 Å². The molecule has 0 fully saturated rings. The second-order valence-corrected chi connectivity index (χ2v) is 6.04. The van der Waals surface area contributed by atoms with Crippen molar-refractivity contribution in [3.8, 4) is 0 Å². The number of aromatic nitrogens is 3. The molecule has 1 amide bonds. The first kappa shape index (κ1) is 19.2. The summed E-state index contributed by atoms with van der Waals surface area (Å²) in [5.41, 5.74) is 1.69. The van der Waals surface area contributed by atoms with Crippen LogP contribution in [0, 0.1) is 0 Å². The molecule has 1 aromatic carbocycles. The van der Waals surface area contributed by atoms with Crippen LogP contribution < -0.4 is 10.6 Å². The van der Waals surface area contributed by atoms with Crippen LogP contribution in [-0.4, -0.2) is 33.9 Å². The van der Waals surface area contributed by atoms with Gasteiger partial charge in [0.1, 0.15) is 11.5 Å². The van der Waals surface area contributed by atoms with Gasteiger partial charge in [-0.25, -0.2) is 14.8 Å². The van der Waals surface area contributed by atoms with Gasteiger partial charge >= 0.3 is 5.97 Å². The van der Waals surface area contributed by atoms with Crippen LogP contribution in [0.2, 0.25) is 5.02 Å². The number of anilines is 2. The smallest absolute Gasteiger partial charge is 0.337 e. The van der Waals surface area contributed by atoms with Crippen molar-refractivity contribution in [1.29, 1.82) is 0 Å². The number of benzene rings is 1. The zero-order chi connectivity index (χ0) is 19.9. The van der Waals surface area contributed by atoms with E-state index in [-0.39, 0.29) is 22.0 Å². The Hall–Kier alpha value is -3.52. The van der Waals surface area contributed by atoms with E-state index in [9.17, 15) is 9.59 Å². The Morgan fingerprint density at radius 2 is 1.89 bits per heavy atom. The molecule has 8 nitrogen and oxygen atoms in total. The van der Waals surface area contributed by atoms with Gasteiger partial charge in [-0.1, -0.05) is 11.6 Å². The van der Waals surface area contributed by atoms with Crippen LogP contribution in [0.3, 0.4) is 0 Å². The van der Waals surface area contributed by atoms with Crippen molar-refractivity contribution in [1.82, 2.24) is 15.0 Å². The number of carbonyl (C=O) groups is 2. The predicted octanol–water partition coefficient (Wildman–Crippen LogP) is 3.18. The van der Waals surface area contributed by atoms with Crippen LogP contribution in [0.1, 0.15) is 26.4 Å². The summed E-state index contributed by atoms with van der Waals surface area (Å²) in [6.07, 6.45) is 6.22. The maximum atomic E-state index is 12.4. The second-order valence-electron chi connectivity index (χ2n) is 5.64. The highest BCUT2D eigenvalue weighted by Crippen LogP contribution is 2.24. The molecule has 0 spiro atoms. The first-order valence-corrected chi connectivity index (χ1v) is 8.58. The number of esters is 1. The van der Waals surface area contributed by atoms with Crippen molar-refractivity contribution in [2.45, 2.75) is 6.54 Å². The van der Waals surface area contributed by atoms with Crippen molar-refractivity contribution in [2.75, 3.05) is 17.7 Å². The largest absolute Gasteiger partial charge is 0.465 e. The van der Waals surface area contributed by atoms with Crippen LogP contribution in [0.15, 0.2) is 55.1 Å². The second kappa shape index (κ2) is 8.92. The van der Waals surface area contributed by atoms with Gasteiger partial charge in [-0.05, 0) is 35.9 Å². The fourth-order valence-corrected chi connectivity index (χ4v) is 2.45. The van der Waals surface area contributed by atoms with E-state index in [1.165, 1.54) is 37.7 Å². The summed E-state index contributed by atoms with van der Waals surface area (Å²) < 4.78 is 4.66. The zero-order valence-electron chi connectivity index (χ0n) is 14.8. The molecular weight excluding hydrogens is 382 g/mol. The number of halogens is 1. The minimum Gasteiger partial charge on any atom is -0.465 e. The number of carbonyl (C=O) groups excluding carboxylic acids is 2. The Bertz CT molecular complexity index is 981. The van der Waals surface area contributed by atoms with Crippen molar-refractivity contribution in [2.24, 2.45) is 0 Å². The minimum absolute atomic E-state index is 0.106. The van der Waals surface area contributed by atoms with E-state index in [0.717, 1.165) is 5.56 Å². The molecule has 9 heteroatoms. The number of amides is 1. The molecule has 142 valence electrons. The van der Waals surface area contributed by atoms with Crippen molar-refractivity contribution >= 4 is 35.0 Å². The van der Waals surface area contributed by atoms with E-state index in [1.807, 2.05) is 12.1 Å². The first-order chi connectivity index (χ1) is 13.6. The third-order valence-corrected chi connectivity index (χ3v) is 4.07. The minimum atomic E-state index is -0.531. The summed E-state index contributed by atoms with van der Waals surface area (Å²) in [5.74, 6) is -0.507. The topological polar surface area (TPSA) is 106 Å². The fraction of sp³-hybridized carbons (Fsp3) is 0.105. The summed E-state index contributed by atoms with van der Waals surface area (Å²) in [6, 6.07) is 8.21. The van der Waals surface area contributed by atoms with Crippen LogP contribution in [0.25, 0.3) is 0 Å². The average Bonchev–Trinajstić information content (AvgIpc) is 2.74. The maximum Gasteiger partial charge on any atom is 0.337 e. The van der Waals surface area contributed by atoms with Crippen molar-refractivity contribution < 1.29 is 14.3 Å². The summed E-state index contributed by atoms with van der Waals surface area (Å²) in [6.45, 7) is 0.554. The van der Waals surface area contributed by atoms with Gasteiger partial charge in [0.2, 0.25) is 0 Å². The zero-order valence-corrected chi connectivity index (χ0v) is 15.6. The van der Waals surface area contributed by atoms with Crippen molar-refractivity contribution in [3.05, 3.63) is 77.0 Å². The molecule has 28 heavy (non-hydrogen) atoms. The van der Waals surface area contributed by atoms with Crippen LogP contribution in [0.4, 0.5) is 11.5 Å². The van der Waals surface area contributed by atoms with Gasteiger partial charge in [-0.3, -0.25) is 9.78 Å². The highest BCUT2D eigenvalue weighted by Gasteiger charge is 2.13. The van der Waals surface area contributed by atoms with E-state index in [1.54, 1.807) is 12.4 Å². The number of ether oxygens (including phenoxy) is 1.